The summed E-state index contributed by atoms with van der Waals surface area (Å²) in [5.74, 6) is -0.266. The first-order chi connectivity index (χ1) is 29.2. The molecule has 1 aliphatic carbocycles. The number of ketones is 1. The van der Waals surface area contributed by atoms with Crippen LogP contribution in [0.15, 0.2) is 59.8 Å². The molecule has 0 bridgehead atoms. The van der Waals surface area contributed by atoms with Crippen molar-refractivity contribution in [1.82, 2.24) is 29.6 Å². The molecule has 0 saturated heterocycles. The molecule has 2 aliphatic rings. The third-order valence-electron chi connectivity index (χ3n) is 10.3. The van der Waals surface area contributed by atoms with Crippen LogP contribution in [0.5, 0.6) is 11.6 Å². The van der Waals surface area contributed by atoms with Crippen molar-refractivity contribution in [3.8, 4) is 23.0 Å². The van der Waals surface area contributed by atoms with Crippen molar-refractivity contribution in [1.29, 1.82) is 0 Å². The number of halogens is 3. The Balaban J connectivity index is 0.000000205. The average molecular weight is 862 g/mol. The maximum Gasteiger partial charge on any atom is 0.408 e. The Morgan fingerprint density at radius 1 is 1.03 bits per heavy atom. The smallest absolute Gasteiger partial charge is 0.408 e. The minimum absolute atomic E-state index is 0.104. The summed E-state index contributed by atoms with van der Waals surface area (Å²) in [5.41, 5.74) is 3.60. The molecule has 1 aliphatic heterocycles. The zero-order chi connectivity index (χ0) is 44.0. The van der Waals surface area contributed by atoms with Crippen molar-refractivity contribution < 1.29 is 42.1 Å². The number of methoxy groups -OCH3 is 2. The van der Waals surface area contributed by atoms with Gasteiger partial charge in [0.2, 0.25) is 0 Å². The molecule has 4 heterocycles. The molecule has 15 nitrogen and oxygen atoms in total. The normalized spacial score (nSPS) is 14.9. The summed E-state index contributed by atoms with van der Waals surface area (Å²) in [6.07, 6.45) is 4.68. The van der Waals surface area contributed by atoms with Crippen LogP contribution in [-0.2, 0) is 36.0 Å². The highest BCUT2D eigenvalue weighted by molar-refractivity contribution is 6.31. The second kappa shape index (κ2) is 19.5. The summed E-state index contributed by atoms with van der Waals surface area (Å²) in [7, 11) is 4.89. The second-order valence-electron chi connectivity index (χ2n) is 14.8. The standard InChI is InChI=1S/C22H28N2O5.C21H18ClF2N5O3/c1-13(2)17-9-15-10-20(29-8-6-7-27-4)22(28-5)23-21(15)18-11-19(26)16(14(3)25)12-24(17)18;1-29-10-25-18(28-29)9-32-21(31)27-17-7-4-12-13(3-6-16(24)19(12)17)20(30)26-11-2-5-15(23)14(22)8-11/h10-13,17H,6-9H2,1-5H3;2-3,5-6,8,10,17H,4,7,9H2,1H3,(H,26,30)(H,27,31)/t2*17-/m00/s1. The Hall–Kier alpha value is -6.20. The van der Waals surface area contributed by atoms with Crippen molar-refractivity contribution in [3.05, 3.63) is 116 Å². The molecule has 2 atom stereocenters. The Bertz CT molecular complexity index is 2510. The average Bonchev–Trinajstić information content (AvgIpc) is 3.85. The second-order valence-corrected chi connectivity index (χ2v) is 15.2. The number of hydrogen-bond acceptors (Lipinski definition) is 11. The Kier molecular flexibility index (Phi) is 14.1. The minimum atomic E-state index is -0.745. The van der Waals surface area contributed by atoms with Crippen LogP contribution in [0, 0.1) is 17.6 Å². The van der Waals surface area contributed by atoms with Crippen molar-refractivity contribution >= 4 is 35.1 Å². The van der Waals surface area contributed by atoms with Gasteiger partial charge in [-0.2, -0.15) is 5.10 Å². The van der Waals surface area contributed by atoms with Gasteiger partial charge in [-0.3, -0.25) is 19.1 Å². The molecule has 0 spiro atoms. The number of nitrogens with zero attached hydrogens (tertiary/aromatic N) is 5. The largest absolute Gasteiger partial charge is 0.488 e. The van der Waals surface area contributed by atoms with Gasteiger partial charge < -0.3 is 34.1 Å². The van der Waals surface area contributed by atoms with Gasteiger partial charge in [0, 0.05) is 62.3 Å². The quantitative estimate of drug-likeness (QED) is 0.0904. The number of benzene rings is 2. The van der Waals surface area contributed by atoms with E-state index >= 15 is 0 Å². The van der Waals surface area contributed by atoms with Crippen LogP contribution in [0.2, 0.25) is 5.02 Å². The lowest BCUT2D eigenvalue weighted by atomic mass is 9.89. The van der Waals surface area contributed by atoms with Gasteiger partial charge in [-0.15, -0.1) is 0 Å². The van der Waals surface area contributed by atoms with Crippen molar-refractivity contribution in [2.75, 3.05) is 32.8 Å². The van der Waals surface area contributed by atoms with E-state index in [1.54, 1.807) is 27.5 Å². The first-order valence-electron chi connectivity index (χ1n) is 19.5. The van der Waals surface area contributed by atoms with Gasteiger partial charge in [0.25, 0.3) is 11.8 Å². The highest BCUT2D eigenvalue weighted by Crippen LogP contribution is 2.41. The molecule has 322 valence electrons. The number of rotatable bonds is 13. The fourth-order valence-electron chi connectivity index (χ4n) is 7.30. The van der Waals surface area contributed by atoms with Crippen LogP contribution in [0.25, 0.3) is 11.4 Å². The molecule has 3 aromatic heterocycles. The van der Waals surface area contributed by atoms with Gasteiger partial charge in [0.05, 0.1) is 41.7 Å². The van der Waals surface area contributed by atoms with E-state index < -0.39 is 29.7 Å². The molecule has 0 saturated carbocycles. The van der Waals surface area contributed by atoms with Crippen LogP contribution < -0.4 is 25.5 Å². The number of hydrogen-bond donors (Lipinski definition) is 2. The molecule has 61 heavy (non-hydrogen) atoms. The highest BCUT2D eigenvalue weighted by Gasteiger charge is 2.32. The number of ether oxygens (including phenoxy) is 4. The molecule has 0 unspecified atom stereocenters. The van der Waals surface area contributed by atoms with E-state index in [0.29, 0.717) is 72.1 Å². The predicted molar refractivity (Wildman–Crippen MR) is 221 cm³/mol. The van der Waals surface area contributed by atoms with Crippen LogP contribution in [0.4, 0.5) is 19.3 Å². The summed E-state index contributed by atoms with van der Waals surface area (Å²) in [6.45, 7) is 6.66. The Morgan fingerprint density at radius 2 is 1.80 bits per heavy atom. The topological polar surface area (TPSA) is 178 Å². The van der Waals surface area contributed by atoms with Crippen LogP contribution in [-0.4, -0.2) is 69.5 Å². The van der Waals surface area contributed by atoms with Gasteiger partial charge in [0.15, 0.2) is 29.4 Å². The SMILES string of the molecule is COCCCOc1cc2c(nc1OC)-c1cc(=O)c(C(C)=O)cn1[C@H](C(C)C)C2.Cn1cnc(COC(=O)N[C@H]2CCc3c(C(=O)Nc4ccc(F)c(Cl)c4)ccc(F)c32)n1. The van der Waals surface area contributed by atoms with E-state index in [9.17, 15) is 28.0 Å². The van der Waals surface area contributed by atoms with Gasteiger partial charge in [-0.05, 0) is 79.6 Å². The van der Waals surface area contributed by atoms with E-state index in [4.69, 9.17) is 30.5 Å². The summed E-state index contributed by atoms with van der Waals surface area (Å²) < 4.78 is 52.9. The van der Waals surface area contributed by atoms with E-state index in [-0.39, 0.29) is 45.6 Å². The monoisotopic (exact) mass is 861 g/mol. The number of Topliss-reactive ketones (excluding diaryl/α,β-unsaturated/α-hetero) is 1. The first kappa shape index (κ1) is 44.4. The lowest BCUT2D eigenvalue weighted by molar-refractivity contribution is 0.101. The number of amides is 2. The third-order valence-corrected chi connectivity index (χ3v) is 10.6. The maximum atomic E-state index is 14.6. The molecular weight excluding hydrogens is 816 g/mol. The molecule has 0 radical (unpaired) electrons. The maximum absolute atomic E-state index is 14.6. The van der Waals surface area contributed by atoms with Crippen molar-refractivity contribution in [2.45, 2.75) is 65.1 Å². The van der Waals surface area contributed by atoms with Gasteiger partial charge in [-0.1, -0.05) is 25.4 Å². The molecule has 5 aromatic rings. The molecule has 2 amide bonds. The number of fused-ring (bicyclic) bond motifs is 4. The number of anilines is 1. The number of carbonyl (C=O) groups excluding carboxylic acids is 3. The van der Waals surface area contributed by atoms with Gasteiger partial charge in [0.1, 0.15) is 18.0 Å². The fourth-order valence-corrected chi connectivity index (χ4v) is 7.48. The van der Waals surface area contributed by atoms with E-state index in [1.165, 1.54) is 48.3 Å². The molecule has 7 rings (SSSR count). The zero-order valence-electron chi connectivity index (χ0n) is 34.5. The molecule has 2 aromatic carbocycles. The summed E-state index contributed by atoms with van der Waals surface area (Å²) in [4.78, 5) is 58.0. The van der Waals surface area contributed by atoms with Gasteiger partial charge in [-0.25, -0.2) is 23.5 Å². The Morgan fingerprint density at radius 3 is 2.48 bits per heavy atom. The van der Waals surface area contributed by atoms with E-state index in [1.807, 2.05) is 10.6 Å². The van der Waals surface area contributed by atoms with Crippen molar-refractivity contribution in [3.63, 3.8) is 0 Å². The number of aryl methyl sites for hydroxylation is 1. The molecule has 2 N–H and O–H groups in total. The number of nitrogens with one attached hydrogen (secondary N) is 2. The van der Waals surface area contributed by atoms with Crippen LogP contribution >= 0.6 is 11.6 Å². The van der Waals surface area contributed by atoms with E-state index in [0.717, 1.165) is 24.5 Å². The summed E-state index contributed by atoms with van der Waals surface area (Å²) >= 11 is 5.75. The highest BCUT2D eigenvalue weighted by atomic mass is 35.5. The van der Waals surface area contributed by atoms with Crippen LogP contribution in [0.3, 0.4) is 0 Å². The van der Waals surface area contributed by atoms with Crippen LogP contribution in [0.1, 0.15) is 88.9 Å². The molecule has 18 heteroatoms. The van der Waals surface area contributed by atoms with E-state index in [2.05, 4.69) is 39.5 Å². The summed E-state index contributed by atoms with van der Waals surface area (Å²) in [5, 5.41) is 9.14. The van der Waals surface area contributed by atoms with Gasteiger partial charge >= 0.3 is 6.09 Å². The number of pyridine rings is 2. The predicted octanol–water partition coefficient (Wildman–Crippen LogP) is 7.20. The number of carbonyl (C=O) groups is 3. The summed E-state index contributed by atoms with van der Waals surface area (Å²) in [6, 6.07) is 9.27. The molecule has 0 fully saturated rings. The zero-order valence-corrected chi connectivity index (χ0v) is 35.3. The van der Waals surface area contributed by atoms with Crippen molar-refractivity contribution in [2.24, 2.45) is 13.0 Å². The third kappa shape index (κ3) is 10.2. The fraction of sp³-hybridized carbons (Fsp3) is 0.372. The lowest BCUT2D eigenvalue weighted by Gasteiger charge is -2.33. The molecular formula is C43H46ClF2N7O8. The Labute approximate surface area is 355 Å². The number of aromatic nitrogens is 5. The minimum Gasteiger partial charge on any atom is -0.488 e. The first-order valence-corrected chi connectivity index (χ1v) is 19.9. The lowest BCUT2D eigenvalue weighted by Crippen LogP contribution is -2.28. The number of alkyl carbamates (subject to hydrolysis) is 1.